The van der Waals surface area contributed by atoms with Crippen molar-refractivity contribution >= 4 is 27.5 Å². The van der Waals surface area contributed by atoms with Crippen LogP contribution in [0.15, 0.2) is 96.3 Å². The van der Waals surface area contributed by atoms with Crippen molar-refractivity contribution in [3.8, 4) is 28.9 Å². The maximum atomic E-state index is 14.4. The summed E-state index contributed by atoms with van der Waals surface area (Å²) in [6, 6.07) is 24.9. The first-order valence-electron chi connectivity index (χ1n) is 13.1. The van der Waals surface area contributed by atoms with E-state index in [-0.39, 0.29) is 17.6 Å². The zero-order valence-electron chi connectivity index (χ0n) is 22.4. The molecule has 0 spiro atoms. The van der Waals surface area contributed by atoms with E-state index in [1.54, 1.807) is 29.1 Å². The second-order valence-electron chi connectivity index (χ2n) is 9.44. The number of hydrogen-bond donors (Lipinski definition) is 1. The van der Waals surface area contributed by atoms with Gasteiger partial charge in [-0.3, -0.25) is 9.36 Å². The molecular formula is C32H25N7O2. The van der Waals surface area contributed by atoms with Gasteiger partial charge in [0.15, 0.2) is 0 Å². The molecule has 200 valence electrons. The summed E-state index contributed by atoms with van der Waals surface area (Å²) in [7, 11) is 1.51. The first-order valence-corrected chi connectivity index (χ1v) is 13.1. The van der Waals surface area contributed by atoms with Crippen molar-refractivity contribution in [2.24, 2.45) is 0 Å². The molecule has 1 N–H and O–H groups in total. The third-order valence-electron chi connectivity index (χ3n) is 7.05. The highest BCUT2D eigenvalue weighted by Crippen LogP contribution is 2.32. The van der Waals surface area contributed by atoms with Crippen LogP contribution < -0.4 is 15.6 Å². The normalized spacial score (nSPS) is 11.7. The molecule has 9 nitrogen and oxygen atoms in total. The van der Waals surface area contributed by atoms with E-state index < -0.39 is 0 Å². The second kappa shape index (κ2) is 10.9. The molecule has 0 aliphatic carbocycles. The van der Waals surface area contributed by atoms with Gasteiger partial charge in [-0.2, -0.15) is 5.26 Å². The predicted molar refractivity (Wildman–Crippen MR) is 158 cm³/mol. The minimum Gasteiger partial charge on any atom is -0.467 e. The number of rotatable bonds is 7. The lowest BCUT2D eigenvalue weighted by atomic mass is 9.98. The van der Waals surface area contributed by atoms with Gasteiger partial charge in [0.25, 0.3) is 5.56 Å². The number of nitrogens with one attached hydrogen (secondary N) is 1. The summed E-state index contributed by atoms with van der Waals surface area (Å²) in [5.41, 5.74) is 4.06. The molecule has 9 heteroatoms. The highest BCUT2D eigenvalue weighted by molar-refractivity contribution is 5.96. The molecule has 1 unspecified atom stereocenters. The Morgan fingerprint density at radius 1 is 0.976 bits per heavy atom. The summed E-state index contributed by atoms with van der Waals surface area (Å²) < 4.78 is 6.87. The number of nitrogens with zero attached hydrogens (tertiary/aromatic N) is 6. The highest BCUT2D eigenvalue weighted by Gasteiger charge is 2.21. The van der Waals surface area contributed by atoms with Crippen LogP contribution in [0.5, 0.6) is 6.01 Å². The quantitative estimate of drug-likeness (QED) is 0.269. The molecule has 0 saturated heterocycles. The van der Waals surface area contributed by atoms with E-state index in [0.717, 1.165) is 33.2 Å². The summed E-state index contributed by atoms with van der Waals surface area (Å²) in [6.07, 6.45) is 5.48. The van der Waals surface area contributed by atoms with Crippen molar-refractivity contribution in [2.45, 2.75) is 19.4 Å². The van der Waals surface area contributed by atoms with E-state index in [1.165, 1.54) is 13.4 Å². The molecule has 0 aliphatic heterocycles. The Morgan fingerprint density at radius 2 is 1.78 bits per heavy atom. The molecule has 6 rings (SSSR count). The number of anilines is 1. The molecule has 3 heterocycles. The van der Waals surface area contributed by atoms with Crippen molar-refractivity contribution < 1.29 is 4.74 Å². The average molecular weight is 540 g/mol. The van der Waals surface area contributed by atoms with Crippen molar-refractivity contribution in [2.75, 3.05) is 12.4 Å². The van der Waals surface area contributed by atoms with Gasteiger partial charge in [-0.1, -0.05) is 43.3 Å². The Bertz CT molecular complexity index is 1980. The minimum atomic E-state index is -0.288. The van der Waals surface area contributed by atoms with Gasteiger partial charge in [0.05, 0.1) is 35.7 Å². The average Bonchev–Trinajstić information content (AvgIpc) is 3.03. The number of benzene rings is 3. The Balaban J connectivity index is 1.56. The first kappa shape index (κ1) is 25.6. The molecule has 41 heavy (non-hydrogen) atoms. The molecule has 3 aromatic carbocycles. The maximum Gasteiger partial charge on any atom is 0.316 e. The largest absolute Gasteiger partial charge is 0.467 e. The number of hydrogen-bond acceptors (Lipinski definition) is 8. The summed E-state index contributed by atoms with van der Waals surface area (Å²) in [5, 5.41) is 15.1. The van der Waals surface area contributed by atoms with Gasteiger partial charge in [-0.05, 0) is 53.8 Å². The van der Waals surface area contributed by atoms with E-state index in [2.05, 4.69) is 38.2 Å². The fourth-order valence-electron chi connectivity index (χ4n) is 5.07. The highest BCUT2D eigenvalue weighted by atomic mass is 16.5. The van der Waals surface area contributed by atoms with Gasteiger partial charge in [0.1, 0.15) is 12.1 Å². The van der Waals surface area contributed by atoms with Crippen molar-refractivity contribution in [3.63, 3.8) is 0 Å². The van der Waals surface area contributed by atoms with Crippen molar-refractivity contribution in [1.29, 1.82) is 5.26 Å². The maximum absolute atomic E-state index is 14.4. The van der Waals surface area contributed by atoms with Crippen LogP contribution in [0.3, 0.4) is 0 Å². The Hall–Kier alpha value is -5.62. The summed E-state index contributed by atoms with van der Waals surface area (Å²) in [6.45, 7) is 2.05. The lowest BCUT2D eigenvalue weighted by molar-refractivity contribution is 0.380. The summed E-state index contributed by atoms with van der Waals surface area (Å²) in [5.74, 6) is 0.593. The van der Waals surface area contributed by atoms with E-state index in [9.17, 15) is 10.1 Å². The monoisotopic (exact) mass is 539 g/mol. The Morgan fingerprint density at radius 3 is 2.51 bits per heavy atom. The van der Waals surface area contributed by atoms with Gasteiger partial charge in [0, 0.05) is 34.7 Å². The fourth-order valence-corrected chi connectivity index (χ4v) is 5.07. The standard InChI is InChI=1S/C32H25N7O2/c1-3-26(38-30-25-14-20(16-33)12-13-27(25)36-19-37-30)28-15-21-8-7-11-24(22-17-34-32(41-2)35-18-22)29(21)31(40)39(28)23-9-5-4-6-10-23/h4-15,17-19,26H,3H2,1-2H3,(H,36,37,38). The van der Waals surface area contributed by atoms with Crippen LogP contribution in [0.1, 0.15) is 30.6 Å². The fraction of sp³-hybridized carbons (Fsp3) is 0.125. The third kappa shape index (κ3) is 4.72. The second-order valence-corrected chi connectivity index (χ2v) is 9.44. The molecule has 0 fully saturated rings. The van der Waals surface area contributed by atoms with Crippen LogP contribution in [0.4, 0.5) is 5.82 Å². The van der Waals surface area contributed by atoms with Crippen LogP contribution in [0.2, 0.25) is 0 Å². The lowest BCUT2D eigenvalue weighted by Gasteiger charge is -2.24. The Kier molecular flexibility index (Phi) is 6.80. The predicted octanol–water partition coefficient (Wildman–Crippen LogP) is 5.83. The van der Waals surface area contributed by atoms with E-state index in [0.29, 0.717) is 28.8 Å². The molecule has 1 atom stereocenters. The van der Waals surface area contributed by atoms with E-state index in [1.807, 2.05) is 60.7 Å². The third-order valence-corrected chi connectivity index (χ3v) is 7.05. The summed E-state index contributed by atoms with van der Waals surface area (Å²) >= 11 is 0. The molecule has 0 aliphatic rings. The number of nitriles is 1. The summed E-state index contributed by atoms with van der Waals surface area (Å²) in [4.78, 5) is 31.8. The van der Waals surface area contributed by atoms with Crippen LogP contribution in [-0.2, 0) is 0 Å². The molecule has 0 amide bonds. The van der Waals surface area contributed by atoms with Crippen molar-refractivity contribution in [1.82, 2.24) is 24.5 Å². The number of pyridine rings is 1. The van der Waals surface area contributed by atoms with Crippen LogP contribution in [0.25, 0.3) is 38.5 Å². The Labute approximate surface area is 235 Å². The molecule has 0 radical (unpaired) electrons. The van der Waals surface area contributed by atoms with Gasteiger partial charge < -0.3 is 10.1 Å². The first-order chi connectivity index (χ1) is 20.1. The molecule has 6 aromatic rings. The smallest absolute Gasteiger partial charge is 0.316 e. The number of fused-ring (bicyclic) bond motifs is 2. The molecule has 0 bridgehead atoms. The SMILES string of the molecule is CCC(Nc1ncnc2ccc(C#N)cc12)c1cc2cccc(-c3cnc(OC)nc3)c2c(=O)n1-c1ccccc1. The number of ether oxygens (including phenoxy) is 1. The van der Waals surface area contributed by atoms with E-state index in [4.69, 9.17) is 4.74 Å². The van der Waals surface area contributed by atoms with Gasteiger partial charge in [-0.25, -0.2) is 19.9 Å². The van der Waals surface area contributed by atoms with Crippen LogP contribution >= 0.6 is 0 Å². The number of para-hydroxylation sites is 1. The van der Waals surface area contributed by atoms with E-state index >= 15 is 0 Å². The van der Waals surface area contributed by atoms with Crippen LogP contribution in [0, 0.1) is 11.3 Å². The number of methoxy groups -OCH3 is 1. The van der Waals surface area contributed by atoms with Gasteiger partial charge in [0.2, 0.25) is 0 Å². The molecule has 0 saturated carbocycles. The molecular weight excluding hydrogens is 514 g/mol. The zero-order valence-corrected chi connectivity index (χ0v) is 22.4. The van der Waals surface area contributed by atoms with Crippen molar-refractivity contribution in [3.05, 3.63) is 113 Å². The minimum absolute atomic E-state index is 0.158. The van der Waals surface area contributed by atoms with Gasteiger partial charge >= 0.3 is 6.01 Å². The topological polar surface area (TPSA) is 119 Å². The number of aromatic nitrogens is 5. The lowest BCUT2D eigenvalue weighted by Crippen LogP contribution is -2.27. The zero-order chi connectivity index (χ0) is 28.3. The molecule has 3 aromatic heterocycles. The van der Waals surface area contributed by atoms with Gasteiger partial charge in [-0.15, -0.1) is 0 Å². The van der Waals surface area contributed by atoms with Crippen LogP contribution in [-0.4, -0.2) is 31.6 Å².